The van der Waals surface area contributed by atoms with Crippen molar-refractivity contribution >= 4 is 11.6 Å². The summed E-state index contributed by atoms with van der Waals surface area (Å²) in [5, 5.41) is 4.31. The van der Waals surface area contributed by atoms with Gasteiger partial charge in [-0.25, -0.2) is 5.43 Å². The number of hydrazone groups is 1. The second kappa shape index (κ2) is 8.61. The van der Waals surface area contributed by atoms with Crippen molar-refractivity contribution in [2.45, 2.75) is 53.9 Å². The number of benzene rings is 2. The zero-order valence-corrected chi connectivity index (χ0v) is 15.9. The second-order valence-corrected chi connectivity index (χ2v) is 6.58. The third-order valence-corrected chi connectivity index (χ3v) is 4.48. The van der Waals surface area contributed by atoms with Crippen molar-refractivity contribution in [3.63, 3.8) is 0 Å². The van der Waals surface area contributed by atoms with E-state index in [1.165, 1.54) is 16.7 Å². The third kappa shape index (κ3) is 5.28. The molecule has 0 atom stereocenters. The minimum atomic E-state index is -0.0892. The molecule has 2 aromatic rings. The molecule has 1 N–H and O–H groups in total. The smallest absolute Gasteiger partial charge is 0.244 e. The van der Waals surface area contributed by atoms with Gasteiger partial charge in [0.15, 0.2) is 0 Å². The molecule has 0 saturated heterocycles. The van der Waals surface area contributed by atoms with Crippen LogP contribution in [0.4, 0.5) is 0 Å². The molecular formula is C22H28N2O. The van der Waals surface area contributed by atoms with Crippen molar-refractivity contribution in [2.75, 3.05) is 0 Å². The monoisotopic (exact) mass is 336 g/mol. The first kappa shape index (κ1) is 18.9. The van der Waals surface area contributed by atoms with Gasteiger partial charge >= 0.3 is 0 Å². The van der Waals surface area contributed by atoms with Gasteiger partial charge in [-0.05, 0) is 73.6 Å². The Morgan fingerprint density at radius 3 is 2.20 bits per heavy atom. The van der Waals surface area contributed by atoms with Crippen LogP contribution in [0.2, 0.25) is 0 Å². The predicted octanol–water partition coefficient (Wildman–Crippen LogP) is 4.51. The molecule has 0 aliphatic carbocycles. The number of rotatable bonds is 6. The Balaban J connectivity index is 2.08. The summed E-state index contributed by atoms with van der Waals surface area (Å²) in [5.41, 5.74) is 10.6. The summed E-state index contributed by atoms with van der Waals surface area (Å²) in [6.07, 6.45) is 2.33. The Hall–Kier alpha value is -2.42. The highest BCUT2D eigenvalue weighted by molar-refractivity contribution is 5.99. The predicted molar refractivity (Wildman–Crippen MR) is 105 cm³/mol. The summed E-state index contributed by atoms with van der Waals surface area (Å²) in [6, 6.07) is 12.7. The van der Waals surface area contributed by atoms with E-state index in [1.807, 2.05) is 26.0 Å². The fourth-order valence-electron chi connectivity index (χ4n) is 2.85. The molecule has 0 fully saturated rings. The summed E-state index contributed by atoms with van der Waals surface area (Å²) in [5.74, 6) is -0.0892. The normalized spacial score (nSPS) is 11.5. The van der Waals surface area contributed by atoms with Crippen molar-refractivity contribution in [3.8, 4) is 0 Å². The fourth-order valence-corrected chi connectivity index (χ4v) is 2.85. The largest absolute Gasteiger partial charge is 0.273 e. The molecule has 0 unspecified atom stereocenters. The first-order valence-corrected chi connectivity index (χ1v) is 8.95. The molecule has 3 heteroatoms. The van der Waals surface area contributed by atoms with Gasteiger partial charge in [-0.1, -0.05) is 43.7 Å². The second-order valence-electron chi connectivity index (χ2n) is 6.58. The van der Waals surface area contributed by atoms with Gasteiger partial charge in [-0.15, -0.1) is 0 Å². The number of amides is 1. The lowest BCUT2D eigenvalue weighted by atomic mass is 10.0. The zero-order chi connectivity index (χ0) is 18.4. The Morgan fingerprint density at radius 2 is 1.64 bits per heavy atom. The number of nitrogens with zero attached hydrogens (tertiary/aromatic N) is 1. The van der Waals surface area contributed by atoms with Crippen LogP contribution >= 0.6 is 0 Å². The summed E-state index contributed by atoms with van der Waals surface area (Å²) < 4.78 is 0. The third-order valence-electron chi connectivity index (χ3n) is 4.48. The molecule has 0 saturated carbocycles. The van der Waals surface area contributed by atoms with Crippen LogP contribution < -0.4 is 5.43 Å². The molecule has 0 spiro atoms. The molecule has 0 heterocycles. The van der Waals surface area contributed by atoms with Gasteiger partial charge in [0.25, 0.3) is 0 Å². The Morgan fingerprint density at radius 1 is 1.00 bits per heavy atom. The van der Waals surface area contributed by atoms with Gasteiger partial charge in [0.05, 0.1) is 12.1 Å². The standard InChI is InChI=1S/C22H28N2O/c1-6-18-11-19(7-2)13-21(12-18)17(5)23-24-22(25)14-20-9-8-15(3)10-16(20)4/h8-13H,6-7,14H2,1-5H3,(H,24,25)/b23-17-. The Bertz CT molecular complexity index is 768. The Labute approximate surface area is 151 Å². The lowest BCUT2D eigenvalue weighted by molar-refractivity contribution is -0.120. The molecule has 0 aliphatic rings. The highest BCUT2D eigenvalue weighted by Crippen LogP contribution is 2.13. The van der Waals surface area contributed by atoms with E-state index in [2.05, 4.69) is 55.6 Å². The van der Waals surface area contributed by atoms with E-state index in [-0.39, 0.29) is 5.91 Å². The maximum Gasteiger partial charge on any atom is 0.244 e. The average molecular weight is 336 g/mol. The quantitative estimate of drug-likeness (QED) is 0.612. The van der Waals surface area contributed by atoms with E-state index >= 15 is 0 Å². The lowest BCUT2D eigenvalue weighted by Gasteiger charge is -2.09. The number of nitrogens with one attached hydrogen (secondary N) is 1. The number of carbonyl (C=O) groups is 1. The molecule has 1 amide bonds. The maximum atomic E-state index is 12.2. The van der Waals surface area contributed by atoms with Gasteiger partial charge in [-0.3, -0.25) is 4.79 Å². The van der Waals surface area contributed by atoms with Crippen LogP contribution in [0.25, 0.3) is 0 Å². The molecule has 0 radical (unpaired) electrons. The SMILES string of the molecule is CCc1cc(CC)cc(/C(C)=N\NC(=O)Cc2ccc(C)cc2C)c1. The fraction of sp³-hybridized carbons (Fsp3) is 0.364. The molecule has 0 aromatic heterocycles. The summed E-state index contributed by atoms with van der Waals surface area (Å²) in [6.45, 7) is 10.3. The van der Waals surface area contributed by atoms with Gasteiger partial charge in [0.2, 0.25) is 5.91 Å². The van der Waals surface area contributed by atoms with Crippen LogP contribution in [0.15, 0.2) is 41.5 Å². The minimum absolute atomic E-state index is 0.0892. The number of hydrogen-bond donors (Lipinski definition) is 1. The van der Waals surface area contributed by atoms with Crippen LogP contribution in [-0.2, 0) is 24.1 Å². The van der Waals surface area contributed by atoms with Gasteiger partial charge < -0.3 is 0 Å². The van der Waals surface area contributed by atoms with Crippen molar-refractivity contribution in [1.82, 2.24) is 5.43 Å². The van der Waals surface area contributed by atoms with Gasteiger partial charge in [0.1, 0.15) is 0 Å². The van der Waals surface area contributed by atoms with Crippen LogP contribution in [0.1, 0.15) is 54.2 Å². The van der Waals surface area contributed by atoms with E-state index < -0.39 is 0 Å². The lowest BCUT2D eigenvalue weighted by Crippen LogP contribution is -2.21. The topological polar surface area (TPSA) is 41.5 Å². The van der Waals surface area contributed by atoms with E-state index in [0.29, 0.717) is 6.42 Å². The number of hydrogen-bond acceptors (Lipinski definition) is 2. The van der Waals surface area contributed by atoms with E-state index in [1.54, 1.807) is 0 Å². The highest BCUT2D eigenvalue weighted by Gasteiger charge is 2.07. The van der Waals surface area contributed by atoms with Crippen LogP contribution in [0, 0.1) is 13.8 Å². The molecule has 2 rings (SSSR count). The van der Waals surface area contributed by atoms with Crippen molar-refractivity contribution in [2.24, 2.45) is 5.10 Å². The average Bonchev–Trinajstić information content (AvgIpc) is 2.61. The summed E-state index contributed by atoms with van der Waals surface area (Å²) >= 11 is 0. The maximum absolute atomic E-state index is 12.2. The van der Waals surface area contributed by atoms with Crippen molar-refractivity contribution in [3.05, 3.63) is 69.8 Å². The summed E-state index contributed by atoms with van der Waals surface area (Å²) in [4.78, 5) is 12.2. The number of carbonyl (C=O) groups excluding carboxylic acids is 1. The first-order valence-electron chi connectivity index (χ1n) is 8.95. The molecule has 0 aliphatic heterocycles. The first-order chi connectivity index (χ1) is 11.9. The summed E-state index contributed by atoms with van der Waals surface area (Å²) in [7, 11) is 0. The Kier molecular flexibility index (Phi) is 6.51. The molecule has 132 valence electrons. The van der Waals surface area contributed by atoms with Crippen LogP contribution in [-0.4, -0.2) is 11.6 Å². The minimum Gasteiger partial charge on any atom is -0.273 e. The van der Waals surface area contributed by atoms with Crippen LogP contribution in [0.3, 0.4) is 0 Å². The van der Waals surface area contributed by atoms with E-state index in [4.69, 9.17) is 0 Å². The van der Waals surface area contributed by atoms with Gasteiger partial charge in [0, 0.05) is 0 Å². The van der Waals surface area contributed by atoms with E-state index in [0.717, 1.165) is 35.2 Å². The highest BCUT2D eigenvalue weighted by atomic mass is 16.2. The molecule has 0 bridgehead atoms. The molecule has 3 nitrogen and oxygen atoms in total. The number of aryl methyl sites for hydroxylation is 4. The van der Waals surface area contributed by atoms with E-state index in [9.17, 15) is 4.79 Å². The molecule has 25 heavy (non-hydrogen) atoms. The van der Waals surface area contributed by atoms with Crippen molar-refractivity contribution < 1.29 is 4.79 Å². The van der Waals surface area contributed by atoms with Gasteiger partial charge in [-0.2, -0.15) is 5.10 Å². The zero-order valence-electron chi connectivity index (χ0n) is 15.9. The van der Waals surface area contributed by atoms with Crippen LogP contribution in [0.5, 0.6) is 0 Å². The molecule has 2 aromatic carbocycles. The van der Waals surface area contributed by atoms with Crippen molar-refractivity contribution in [1.29, 1.82) is 0 Å². The molecular weight excluding hydrogens is 308 g/mol.